The molecule has 0 rings (SSSR count). The summed E-state index contributed by atoms with van der Waals surface area (Å²) < 4.78 is 9.21. The standard InChI is InChI=1S/C10H16O5.K.H/c1-3-5-14-9(12)7-8(11)10(13)15-6-4-2;;/h3-7H2,1-2H3;;. The fourth-order valence-electron chi connectivity index (χ4n) is 0.745. The molecule has 0 atom stereocenters. The van der Waals surface area contributed by atoms with Crippen LogP contribution >= 0.6 is 0 Å². The van der Waals surface area contributed by atoms with E-state index in [1.54, 1.807) is 0 Å². The van der Waals surface area contributed by atoms with Crippen LogP contribution in [-0.2, 0) is 23.9 Å². The molecule has 0 bridgehead atoms. The van der Waals surface area contributed by atoms with Gasteiger partial charge >= 0.3 is 63.3 Å². The number of carbonyl (C=O) groups is 3. The number of ether oxygens (including phenoxy) is 2. The van der Waals surface area contributed by atoms with E-state index in [1.807, 2.05) is 13.8 Å². The van der Waals surface area contributed by atoms with Crippen molar-refractivity contribution in [2.75, 3.05) is 13.2 Å². The third kappa shape index (κ3) is 9.47. The molecule has 0 aromatic rings. The van der Waals surface area contributed by atoms with Gasteiger partial charge in [-0.3, -0.25) is 9.59 Å². The van der Waals surface area contributed by atoms with E-state index in [0.29, 0.717) is 12.8 Å². The van der Waals surface area contributed by atoms with Crippen molar-refractivity contribution in [1.29, 1.82) is 0 Å². The van der Waals surface area contributed by atoms with Crippen LogP contribution < -0.4 is 0 Å². The Morgan fingerprint density at radius 1 is 0.938 bits per heavy atom. The Labute approximate surface area is 138 Å². The van der Waals surface area contributed by atoms with Gasteiger partial charge in [-0.25, -0.2) is 4.79 Å². The maximum absolute atomic E-state index is 11.0. The van der Waals surface area contributed by atoms with Crippen molar-refractivity contribution >= 4 is 69.1 Å². The van der Waals surface area contributed by atoms with Crippen LogP contribution in [0.1, 0.15) is 33.1 Å². The first-order valence-electron chi connectivity index (χ1n) is 4.97. The maximum atomic E-state index is 11.0. The minimum absolute atomic E-state index is 0. The van der Waals surface area contributed by atoms with E-state index in [4.69, 9.17) is 0 Å². The molecule has 0 heterocycles. The summed E-state index contributed by atoms with van der Waals surface area (Å²) in [5, 5.41) is 0. The van der Waals surface area contributed by atoms with Gasteiger partial charge in [0.2, 0.25) is 0 Å². The van der Waals surface area contributed by atoms with E-state index < -0.39 is 24.1 Å². The summed E-state index contributed by atoms with van der Waals surface area (Å²) in [7, 11) is 0. The van der Waals surface area contributed by atoms with Crippen molar-refractivity contribution < 1.29 is 23.9 Å². The Hall–Kier alpha value is 0.246. The first-order valence-corrected chi connectivity index (χ1v) is 4.97. The van der Waals surface area contributed by atoms with Gasteiger partial charge in [-0.15, -0.1) is 0 Å². The van der Waals surface area contributed by atoms with Gasteiger partial charge in [0, 0.05) is 0 Å². The van der Waals surface area contributed by atoms with Crippen LogP contribution in [0.15, 0.2) is 0 Å². The predicted molar refractivity (Wildman–Crippen MR) is 59.3 cm³/mol. The number of carbonyl (C=O) groups excluding carboxylic acids is 3. The summed E-state index contributed by atoms with van der Waals surface area (Å²) in [6.45, 7) is 4.10. The molecule has 88 valence electrons. The molecule has 5 nitrogen and oxygen atoms in total. The van der Waals surface area contributed by atoms with E-state index in [2.05, 4.69) is 9.47 Å². The van der Waals surface area contributed by atoms with Gasteiger partial charge < -0.3 is 9.47 Å². The first kappa shape index (κ1) is 18.6. The Bertz CT molecular complexity index is 239. The summed E-state index contributed by atoms with van der Waals surface area (Å²) in [5.74, 6) is -2.51. The molecule has 0 aliphatic rings. The van der Waals surface area contributed by atoms with Crippen LogP contribution in [0, 0.1) is 0 Å². The molecule has 0 saturated heterocycles. The number of Topliss-reactive ketones (excluding diaryl/α,β-unsaturated/α-hetero) is 1. The van der Waals surface area contributed by atoms with Crippen molar-refractivity contribution in [2.24, 2.45) is 0 Å². The van der Waals surface area contributed by atoms with Crippen LogP contribution in [0.5, 0.6) is 0 Å². The van der Waals surface area contributed by atoms with Gasteiger partial charge in [-0.1, -0.05) is 13.8 Å². The molecule has 6 heteroatoms. The van der Waals surface area contributed by atoms with E-state index >= 15 is 0 Å². The summed E-state index contributed by atoms with van der Waals surface area (Å²) in [6.07, 6.45) is 0.780. The molecule has 0 unspecified atom stereocenters. The average Bonchev–Trinajstić information content (AvgIpc) is 2.22. The van der Waals surface area contributed by atoms with Gasteiger partial charge in [0.1, 0.15) is 6.42 Å². The van der Waals surface area contributed by atoms with Crippen molar-refractivity contribution in [1.82, 2.24) is 0 Å². The average molecular weight is 256 g/mol. The number of rotatable bonds is 7. The number of hydrogen-bond donors (Lipinski definition) is 0. The Morgan fingerprint density at radius 3 is 1.94 bits per heavy atom. The van der Waals surface area contributed by atoms with Gasteiger partial charge in [-0.05, 0) is 12.8 Å². The Balaban J connectivity index is 0. The fourth-order valence-corrected chi connectivity index (χ4v) is 0.745. The number of hydrogen-bond acceptors (Lipinski definition) is 5. The van der Waals surface area contributed by atoms with Crippen LogP contribution in [-0.4, -0.2) is 82.3 Å². The van der Waals surface area contributed by atoms with Crippen molar-refractivity contribution in [2.45, 2.75) is 33.1 Å². The zero-order chi connectivity index (χ0) is 11.7. The summed E-state index contributed by atoms with van der Waals surface area (Å²) in [5.41, 5.74) is 0. The molecule has 0 aliphatic heterocycles. The second-order valence-electron chi connectivity index (χ2n) is 2.96. The van der Waals surface area contributed by atoms with Gasteiger partial charge in [0.25, 0.3) is 5.78 Å². The molecular formula is C10H17KO5. The predicted octanol–water partition coefficient (Wildman–Crippen LogP) is 0.203. The molecular weight excluding hydrogens is 239 g/mol. The molecule has 16 heavy (non-hydrogen) atoms. The third-order valence-electron chi connectivity index (χ3n) is 1.44. The van der Waals surface area contributed by atoms with E-state index in [9.17, 15) is 14.4 Å². The fraction of sp³-hybridized carbons (Fsp3) is 0.700. The molecule has 0 N–H and O–H groups in total. The van der Waals surface area contributed by atoms with Crippen LogP contribution in [0.25, 0.3) is 0 Å². The first-order chi connectivity index (χ1) is 7.11. The SMILES string of the molecule is CCCOC(=O)CC(=O)C(=O)OCCC.[KH]. The van der Waals surface area contributed by atoms with Gasteiger partial charge in [0.05, 0.1) is 13.2 Å². The van der Waals surface area contributed by atoms with Gasteiger partial charge in [-0.2, -0.15) is 0 Å². The summed E-state index contributed by atoms with van der Waals surface area (Å²) in [6, 6.07) is 0. The minimum atomic E-state index is -0.967. The topological polar surface area (TPSA) is 69.7 Å². The molecule has 0 fully saturated rings. The van der Waals surface area contributed by atoms with Crippen molar-refractivity contribution in [3.8, 4) is 0 Å². The zero-order valence-electron chi connectivity index (χ0n) is 9.08. The molecule has 0 radical (unpaired) electrons. The molecule has 0 spiro atoms. The number of esters is 2. The second kappa shape index (κ2) is 11.7. The summed E-state index contributed by atoms with van der Waals surface area (Å²) in [4.78, 5) is 32.9. The second-order valence-corrected chi connectivity index (χ2v) is 2.96. The zero-order valence-corrected chi connectivity index (χ0v) is 9.08. The molecule has 0 aromatic heterocycles. The Morgan fingerprint density at radius 2 is 1.44 bits per heavy atom. The number of ketones is 1. The van der Waals surface area contributed by atoms with E-state index in [0.717, 1.165) is 0 Å². The molecule has 0 aliphatic carbocycles. The molecule has 0 amide bonds. The van der Waals surface area contributed by atoms with Crippen LogP contribution in [0.3, 0.4) is 0 Å². The van der Waals surface area contributed by atoms with Crippen LogP contribution in [0.2, 0.25) is 0 Å². The van der Waals surface area contributed by atoms with E-state index in [-0.39, 0.29) is 64.6 Å². The Kier molecular flexibility index (Phi) is 13.6. The quantitative estimate of drug-likeness (QED) is 0.282. The monoisotopic (exact) mass is 256 g/mol. The summed E-state index contributed by atoms with van der Waals surface area (Å²) >= 11 is 0. The van der Waals surface area contributed by atoms with Crippen molar-refractivity contribution in [3.63, 3.8) is 0 Å². The van der Waals surface area contributed by atoms with Crippen LogP contribution in [0.4, 0.5) is 0 Å². The van der Waals surface area contributed by atoms with Crippen molar-refractivity contribution in [3.05, 3.63) is 0 Å². The van der Waals surface area contributed by atoms with Gasteiger partial charge in [0.15, 0.2) is 0 Å². The molecule has 0 saturated carbocycles. The third-order valence-corrected chi connectivity index (χ3v) is 1.44. The van der Waals surface area contributed by atoms with E-state index in [1.165, 1.54) is 0 Å². The molecule has 0 aromatic carbocycles. The normalized spacial score (nSPS) is 8.88.